The summed E-state index contributed by atoms with van der Waals surface area (Å²) in [5, 5.41) is 11.8. The van der Waals surface area contributed by atoms with E-state index in [1.54, 1.807) is 6.07 Å². The molecule has 0 aromatic heterocycles. The Balaban J connectivity index is 1.28. The van der Waals surface area contributed by atoms with Crippen molar-refractivity contribution in [2.75, 3.05) is 20.3 Å². The summed E-state index contributed by atoms with van der Waals surface area (Å²) in [6, 6.07) is 21.1. The quantitative estimate of drug-likeness (QED) is 0.460. The van der Waals surface area contributed by atoms with Gasteiger partial charge in [0.05, 0.1) is 12.7 Å². The van der Waals surface area contributed by atoms with Gasteiger partial charge in [0.2, 0.25) is 0 Å². The molecule has 0 fully saturated rings. The number of carboxylic acids is 1. The van der Waals surface area contributed by atoms with E-state index in [-0.39, 0.29) is 18.1 Å². The molecule has 0 heterocycles. The highest BCUT2D eigenvalue weighted by Gasteiger charge is 2.28. The van der Waals surface area contributed by atoms with E-state index >= 15 is 0 Å². The molecule has 1 aliphatic carbocycles. The molecule has 6 heteroatoms. The Labute approximate surface area is 192 Å². The average Bonchev–Trinajstić information content (AvgIpc) is 3.16. The SMILES string of the molecule is COc1cc(C(=O)O)ccc1C=CCCNC(=O)OCC1c2ccccc2-c2ccccc21. The van der Waals surface area contributed by atoms with E-state index in [4.69, 9.17) is 14.6 Å². The van der Waals surface area contributed by atoms with Gasteiger partial charge in [0.25, 0.3) is 0 Å². The number of nitrogens with one attached hydrogen (secondary N) is 1. The molecule has 33 heavy (non-hydrogen) atoms. The number of carbonyl (C=O) groups excluding carboxylic acids is 1. The van der Waals surface area contributed by atoms with Gasteiger partial charge in [-0.3, -0.25) is 0 Å². The normalized spacial score (nSPS) is 12.3. The van der Waals surface area contributed by atoms with E-state index in [9.17, 15) is 9.59 Å². The zero-order valence-corrected chi connectivity index (χ0v) is 18.3. The van der Waals surface area contributed by atoms with Crippen LogP contribution in [0.2, 0.25) is 0 Å². The van der Waals surface area contributed by atoms with Crippen molar-refractivity contribution in [3.8, 4) is 16.9 Å². The van der Waals surface area contributed by atoms with Crippen molar-refractivity contribution in [1.29, 1.82) is 0 Å². The second-order valence-electron chi connectivity index (χ2n) is 7.71. The number of hydrogen-bond acceptors (Lipinski definition) is 4. The molecule has 3 aromatic carbocycles. The van der Waals surface area contributed by atoms with E-state index in [0.717, 1.165) is 5.56 Å². The molecule has 2 N–H and O–H groups in total. The van der Waals surface area contributed by atoms with Gasteiger partial charge >= 0.3 is 12.1 Å². The molecule has 168 valence electrons. The first-order valence-electron chi connectivity index (χ1n) is 10.7. The Morgan fingerprint density at radius 1 is 1.00 bits per heavy atom. The van der Waals surface area contributed by atoms with Crippen LogP contribution in [0.25, 0.3) is 17.2 Å². The molecule has 0 atom stereocenters. The largest absolute Gasteiger partial charge is 0.496 e. The van der Waals surface area contributed by atoms with Crippen molar-refractivity contribution in [3.05, 3.63) is 95.1 Å². The lowest BCUT2D eigenvalue weighted by Crippen LogP contribution is -2.26. The number of fused-ring (bicyclic) bond motifs is 3. The molecule has 0 saturated heterocycles. The Hall–Kier alpha value is -4.06. The van der Waals surface area contributed by atoms with Gasteiger partial charge in [-0.25, -0.2) is 9.59 Å². The van der Waals surface area contributed by atoms with Crippen molar-refractivity contribution in [2.24, 2.45) is 0 Å². The Kier molecular flexibility index (Phi) is 6.74. The molecule has 0 aliphatic heterocycles. The zero-order valence-electron chi connectivity index (χ0n) is 18.3. The summed E-state index contributed by atoms with van der Waals surface area (Å²) in [5.41, 5.74) is 5.68. The van der Waals surface area contributed by atoms with Crippen molar-refractivity contribution >= 4 is 18.1 Å². The van der Waals surface area contributed by atoms with Crippen LogP contribution in [0.4, 0.5) is 4.79 Å². The molecular weight excluding hydrogens is 418 g/mol. The minimum atomic E-state index is -1.00. The van der Waals surface area contributed by atoms with Crippen LogP contribution in [0.1, 0.15) is 39.4 Å². The molecular formula is C27H25NO5. The predicted octanol–water partition coefficient (Wildman–Crippen LogP) is 5.34. The molecule has 0 unspecified atom stereocenters. The minimum absolute atomic E-state index is 0.0317. The van der Waals surface area contributed by atoms with Crippen molar-refractivity contribution in [1.82, 2.24) is 5.32 Å². The molecule has 0 saturated carbocycles. The van der Waals surface area contributed by atoms with E-state index in [1.165, 1.54) is 41.5 Å². The summed E-state index contributed by atoms with van der Waals surface area (Å²) >= 11 is 0. The number of hydrogen-bond donors (Lipinski definition) is 2. The first kappa shape index (κ1) is 22.1. The van der Waals surface area contributed by atoms with Crippen LogP contribution in [-0.4, -0.2) is 37.4 Å². The molecule has 0 radical (unpaired) electrons. The van der Waals surface area contributed by atoms with Crippen molar-refractivity contribution in [3.63, 3.8) is 0 Å². The molecule has 3 aromatic rings. The van der Waals surface area contributed by atoms with Gasteiger partial charge in [-0.15, -0.1) is 0 Å². The Morgan fingerprint density at radius 3 is 2.30 bits per heavy atom. The lowest BCUT2D eigenvalue weighted by Gasteiger charge is -2.14. The maximum atomic E-state index is 12.2. The summed E-state index contributed by atoms with van der Waals surface area (Å²) in [5.74, 6) is -0.490. The second-order valence-corrected chi connectivity index (χ2v) is 7.71. The number of rotatable bonds is 8. The number of methoxy groups -OCH3 is 1. The highest BCUT2D eigenvalue weighted by molar-refractivity contribution is 5.88. The number of benzene rings is 3. The summed E-state index contributed by atoms with van der Waals surface area (Å²) in [6.45, 7) is 0.700. The van der Waals surface area contributed by atoms with Crippen LogP contribution in [0, 0.1) is 0 Å². The highest BCUT2D eigenvalue weighted by atomic mass is 16.5. The molecule has 1 aliphatic rings. The number of amides is 1. The summed E-state index contributed by atoms with van der Waals surface area (Å²) in [6.07, 6.45) is 3.87. The van der Waals surface area contributed by atoms with E-state index in [0.29, 0.717) is 18.7 Å². The topological polar surface area (TPSA) is 84.9 Å². The number of carboxylic acid groups (broad SMARTS) is 1. The number of ether oxygens (including phenoxy) is 2. The van der Waals surface area contributed by atoms with E-state index in [2.05, 4.69) is 29.6 Å². The van der Waals surface area contributed by atoms with Gasteiger partial charge in [-0.05, 0) is 40.8 Å². The lowest BCUT2D eigenvalue weighted by molar-refractivity contribution is 0.0696. The minimum Gasteiger partial charge on any atom is -0.496 e. The fourth-order valence-corrected chi connectivity index (χ4v) is 4.10. The second kappa shape index (κ2) is 10.0. The molecule has 4 rings (SSSR count). The van der Waals surface area contributed by atoms with Gasteiger partial charge in [-0.2, -0.15) is 0 Å². The Bertz CT molecular complexity index is 1160. The van der Waals surface area contributed by atoms with Gasteiger partial charge < -0.3 is 19.9 Å². The summed E-state index contributed by atoms with van der Waals surface area (Å²) < 4.78 is 10.8. The fourth-order valence-electron chi connectivity index (χ4n) is 4.10. The first-order chi connectivity index (χ1) is 16.1. The molecule has 1 amide bonds. The van der Waals surface area contributed by atoms with E-state index in [1.807, 2.05) is 36.4 Å². The summed E-state index contributed by atoms with van der Waals surface area (Å²) in [7, 11) is 1.50. The first-order valence-corrected chi connectivity index (χ1v) is 10.7. The number of carbonyl (C=O) groups is 2. The third-order valence-electron chi connectivity index (χ3n) is 5.70. The molecule has 0 bridgehead atoms. The van der Waals surface area contributed by atoms with Crippen LogP contribution in [0.5, 0.6) is 5.75 Å². The monoisotopic (exact) mass is 443 g/mol. The lowest BCUT2D eigenvalue weighted by atomic mass is 9.98. The van der Waals surface area contributed by atoms with Crippen LogP contribution < -0.4 is 10.1 Å². The fraction of sp³-hybridized carbons (Fsp3) is 0.185. The number of alkyl carbamates (subject to hydrolysis) is 1. The molecule has 0 spiro atoms. The van der Waals surface area contributed by atoms with Gasteiger partial charge in [0.1, 0.15) is 12.4 Å². The third-order valence-corrected chi connectivity index (χ3v) is 5.70. The highest BCUT2D eigenvalue weighted by Crippen LogP contribution is 2.44. The maximum absolute atomic E-state index is 12.2. The van der Waals surface area contributed by atoms with Crippen LogP contribution >= 0.6 is 0 Å². The van der Waals surface area contributed by atoms with Crippen molar-refractivity contribution in [2.45, 2.75) is 12.3 Å². The van der Waals surface area contributed by atoms with Gasteiger partial charge in [0.15, 0.2) is 0 Å². The van der Waals surface area contributed by atoms with E-state index < -0.39 is 12.1 Å². The van der Waals surface area contributed by atoms with Crippen molar-refractivity contribution < 1.29 is 24.2 Å². The van der Waals surface area contributed by atoms with Crippen LogP contribution in [0.15, 0.2) is 72.8 Å². The van der Waals surface area contributed by atoms with Gasteiger partial charge in [0, 0.05) is 18.0 Å². The van der Waals surface area contributed by atoms with Crippen LogP contribution in [-0.2, 0) is 4.74 Å². The third kappa shape index (κ3) is 4.90. The number of aromatic carboxylic acids is 1. The standard InChI is InChI=1S/C27H25NO5/c1-32-25-16-19(26(29)30)14-13-18(25)8-6-7-15-28-27(31)33-17-24-22-11-4-2-9-20(22)21-10-3-5-12-23(21)24/h2-6,8-14,16,24H,7,15,17H2,1H3,(H,28,31)(H,29,30). The smallest absolute Gasteiger partial charge is 0.407 e. The average molecular weight is 443 g/mol. The predicted molar refractivity (Wildman–Crippen MR) is 127 cm³/mol. The summed E-state index contributed by atoms with van der Waals surface area (Å²) in [4.78, 5) is 23.3. The Morgan fingerprint density at radius 2 is 1.67 bits per heavy atom. The maximum Gasteiger partial charge on any atom is 0.407 e. The van der Waals surface area contributed by atoms with Crippen LogP contribution in [0.3, 0.4) is 0 Å². The molecule has 6 nitrogen and oxygen atoms in total. The zero-order chi connectivity index (χ0) is 23.2. The van der Waals surface area contributed by atoms with Gasteiger partial charge in [-0.1, -0.05) is 66.7 Å².